The zero-order chi connectivity index (χ0) is 20.7. The van der Waals surface area contributed by atoms with Gasteiger partial charge in [-0.15, -0.1) is 0 Å². The molecule has 0 radical (unpaired) electrons. The molecule has 1 amide bonds. The molecule has 1 heterocycles. The van der Waals surface area contributed by atoms with Crippen LogP contribution in [0.3, 0.4) is 0 Å². The summed E-state index contributed by atoms with van der Waals surface area (Å²) in [5.74, 6) is 0.130. The van der Waals surface area contributed by atoms with Crippen molar-refractivity contribution in [1.29, 1.82) is 0 Å². The Labute approximate surface area is 164 Å². The standard InChI is InChI=1S/C22H30F3NO2/c1-14(2)19-16(5-4-6-18(19)22(23,24)25)11-15-7-9-26(10-8-15)20(27)17-12-21(3,28)13-17/h4-6,14-15,17,28H,7-13H2,1-3H3. The van der Waals surface area contributed by atoms with Crippen LogP contribution in [0.4, 0.5) is 13.2 Å². The van der Waals surface area contributed by atoms with Crippen molar-refractivity contribution in [3.63, 3.8) is 0 Å². The van der Waals surface area contributed by atoms with Gasteiger partial charge in [0, 0.05) is 19.0 Å². The van der Waals surface area contributed by atoms with Gasteiger partial charge in [-0.2, -0.15) is 13.2 Å². The molecule has 0 bridgehead atoms. The van der Waals surface area contributed by atoms with Crippen LogP contribution in [0.15, 0.2) is 18.2 Å². The number of benzene rings is 1. The van der Waals surface area contributed by atoms with E-state index in [1.807, 2.05) is 24.8 Å². The summed E-state index contributed by atoms with van der Waals surface area (Å²) in [4.78, 5) is 14.4. The fraction of sp³-hybridized carbons (Fsp3) is 0.682. The zero-order valence-corrected chi connectivity index (χ0v) is 16.9. The van der Waals surface area contributed by atoms with E-state index in [1.54, 1.807) is 6.92 Å². The maximum absolute atomic E-state index is 13.4. The number of carbonyl (C=O) groups excluding carboxylic acids is 1. The van der Waals surface area contributed by atoms with Gasteiger partial charge in [0.05, 0.1) is 11.2 Å². The number of rotatable bonds is 4. The molecule has 156 valence electrons. The van der Waals surface area contributed by atoms with Crippen LogP contribution < -0.4 is 0 Å². The van der Waals surface area contributed by atoms with Crippen LogP contribution in [0.25, 0.3) is 0 Å². The molecule has 2 aliphatic rings. The lowest BCUT2D eigenvalue weighted by atomic mass is 9.71. The van der Waals surface area contributed by atoms with Crippen LogP contribution in [0, 0.1) is 11.8 Å². The molecule has 1 aliphatic carbocycles. The number of nitrogens with zero attached hydrogens (tertiary/aromatic N) is 1. The molecule has 3 nitrogen and oxygen atoms in total. The number of piperidine rings is 1. The van der Waals surface area contributed by atoms with Crippen molar-refractivity contribution in [2.45, 2.75) is 70.6 Å². The fourth-order valence-electron chi connectivity index (χ4n) is 4.82. The predicted octanol–water partition coefficient (Wildman–Crippen LogP) is 4.77. The van der Waals surface area contributed by atoms with Crippen LogP contribution in [0.1, 0.15) is 69.1 Å². The number of likely N-dealkylation sites (tertiary alicyclic amines) is 1. The Morgan fingerprint density at radius 3 is 2.36 bits per heavy atom. The summed E-state index contributed by atoms with van der Waals surface area (Å²) < 4.78 is 40.2. The van der Waals surface area contributed by atoms with Crippen molar-refractivity contribution >= 4 is 5.91 Å². The third kappa shape index (κ3) is 4.53. The largest absolute Gasteiger partial charge is 0.416 e. The second-order valence-corrected chi connectivity index (χ2v) is 9.11. The van der Waals surface area contributed by atoms with Gasteiger partial charge in [-0.05, 0) is 68.1 Å². The highest BCUT2D eigenvalue weighted by atomic mass is 19.4. The van der Waals surface area contributed by atoms with Crippen molar-refractivity contribution in [2.75, 3.05) is 13.1 Å². The van der Waals surface area contributed by atoms with Crippen LogP contribution in [-0.4, -0.2) is 34.6 Å². The number of halogens is 3. The van der Waals surface area contributed by atoms with Crippen molar-refractivity contribution < 1.29 is 23.1 Å². The van der Waals surface area contributed by atoms with E-state index < -0.39 is 17.3 Å². The minimum atomic E-state index is -4.34. The van der Waals surface area contributed by atoms with E-state index in [4.69, 9.17) is 0 Å². The van der Waals surface area contributed by atoms with Gasteiger partial charge in [-0.25, -0.2) is 0 Å². The Balaban J connectivity index is 1.63. The first kappa shape index (κ1) is 21.2. The molecular formula is C22H30F3NO2. The molecule has 3 rings (SSSR count). The molecule has 1 aliphatic heterocycles. The van der Waals surface area contributed by atoms with Crippen LogP contribution in [0.2, 0.25) is 0 Å². The Kier molecular flexibility index (Phi) is 5.81. The molecule has 1 saturated carbocycles. The van der Waals surface area contributed by atoms with Gasteiger partial charge < -0.3 is 10.0 Å². The molecule has 0 unspecified atom stereocenters. The normalized spacial score (nSPS) is 26.4. The molecule has 1 N–H and O–H groups in total. The smallest absolute Gasteiger partial charge is 0.390 e. The van der Waals surface area contributed by atoms with Gasteiger partial charge >= 0.3 is 6.18 Å². The second kappa shape index (κ2) is 7.69. The molecule has 0 spiro atoms. The third-order valence-electron chi connectivity index (χ3n) is 6.24. The van der Waals surface area contributed by atoms with Crippen molar-refractivity contribution in [1.82, 2.24) is 4.90 Å². The number of alkyl halides is 3. The fourth-order valence-corrected chi connectivity index (χ4v) is 4.82. The maximum Gasteiger partial charge on any atom is 0.416 e. The number of amides is 1. The lowest BCUT2D eigenvalue weighted by Crippen LogP contribution is -2.51. The quantitative estimate of drug-likeness (QED) is 0.795. The Morgan fingerprint density at radius 1 is 1.25 bits per heavy atom. The molecule has 6 heteroatoms. The topological polar surface area (TPSA) is 40.5 Å². The van der Waals surface area contributed by atoms with Gasteiger partial charge in [0.25, 0.3) is 0 Å². The predicted molar refractivity (Wildman–Crippen MR) is 102 cm³/mol. The summed E-state index contributed by atoms with van der Waals surface area (Å²) in [7, 11) is 0. The lowest BCUT2D eigenvalue weighted by molar-refractivity contribution is -0.151. The summed E-state index contributed by atoms with van der Waals surface area (Å²) in [6, 6.07) is 4.50. The number of carbonyl (C=O) groups is 1. The van der Waals surface area contributed by atoms with E-state index in [0.29, 0.717) is 37.9 Å². The monoisotopic (exact) mass is 397 g/mol. The van der Waals surface area contributed by atoms with Crippen LogP contribution in [-0.2, 0) is 17.4 Å². The molecule has 1 saturated heterocycles. The maximum atomic E-state index is 13.4. The Bertz CT molecular complexity index is 711. The summed E-state index contributed by atoms with van der Waals surface area (Å²) in [5.41, 5.74) is -0.0467. The number of hydrogen-bond acceptors (Lipinski definition) is 2. The molecule has 1 aromatic rings. The molecule has 2 fully saturated rings. The van der Waals surface area contributed by atoms with Crippen molar-refractivity contribution in [3.8, 4) is 0 Å². The first-order valence-electron chi connectivity index (χ1n) is 10.2. The van der Waals surface area contributed by atoms with Crippen LogP contribution >= 0.6 is 0 Å². The lowest BCUT2D eigenvalue weighted by Gasteiger charge is -2.43. The van der Waals surface area contributed by atoms with E-state index in [0.717, 1.165) is 18.4 Å². The van der Waals surface area contributed by atoms with Gasteiger partial charge in [-0.1, -0.05) is 26.0 Å². The van der Waals surface area contributed by atoms with E-state index in [9.17, 15) is 23.1 Å². The van der Waals surface area contributed by atoms with Crippen molar-refractivity contribution in [3.05, 3.63) is 34.9 Å². The molecule has 0 atom stereocenters. The highest BCUT2D eigenvalue weighted by molar-refractivity contribution is 5.80. The van der Waals surface area contributed by atoms with E-state index in [2.05, 4.69) is 0 Å². The highest BCUT2D eigenvalue weighted by Crippen LogP contribution is 2.40. The van der Waals surface area contributed by atoms with Crippen LogP contribution in [0.5, 0.6) is 0 Å². The minimum absolute atomic E-state index is 0.0810. The SMILES string of the molecule is CC(C)c1c(CC2CCN(C(=O)C3CC(C)(O)C3)CC2)cccc1C(F)(F)F. The number of hydrogen-bond donors (Lipinski definition) is 1. The van der Waals surface area contributed by atoms with Gasteiger partial charge in [0.1, 0.15) is 0 Å². The zero-order valence-electron chi connectivity index (χ0n) is 16.9. The first-order valence-corrected chi connectivity index (χ1v) is 10.2. The van der Waals surface area contributed by atoms with E-state index >= 15 is 0 Å². The number of aliphatic hydroxyl groups is 1. The van der Waals surface area contributed by atoms with E-state index in [1.165, 1.54) is 12.1 Å². The van der Waals surface area contributed by atoms with Gasteiger partial charge in [0.2, 0.25) is 5.91 Å². The molecule has 28 heavy (non-hydrogen) atoms. The second-order valence-electron chi connectivity index (χ2n) is 9.11. The summed E-state index contributed by atoms with van der Waals surface area (Å²) in [6.07, 6.45) is -1.06. The average molecular weight is 397 g/mol. The summed E-state index contributed by atoms with van der Waals surface area (Å²) >= 11 is 0. The Hall–Kier alpha value is -1.56. The first-order chi connectivity index (χ1) is 13.0. The molecule has 1 aromatic carbocycles. The molecular weight excluding hydrogens is 367 g/mol. The molecule has 0 aromatic heterocycles. The average Bonchev–Trinajstić information content (AvgIpc) is 2.58. The van der Waals surface area contributed by atoms with Gasteiger partial charge in [-0.3, -0.25) is 4.79 Å². The van der Waals surface area contributed by atoms with E-state index in [-0.39, 0.29) is 23.7 Å². The third-order valence-corrected chi connectivity index (χ3v) is 6.24. The van der Waals surface area contributed by atoms with Gasteiger partial charge in [0.15, 0.2) is 0 Å². The highest BCUT2D eigenvalue weighted by Gasteiger charge is 2.44. The summed E-state index contributed by atoms with van der Waals surface area (Å²) in [6.45, 7) is 6.67. The summed E-state index contributed by atoms with van der Waals surface area (Å²) in [5, 5.41) is 9.84. The minimum Gasteiger partial charge on any atom is -0.390 e. The Morgan fingerprint density at radius 2 is 1.86 bits per heavy atom. The van der Waals surface area contributed by atoms with Crippen molar-refractivity contribution in [2.24, 2.45) is 11.8 Å².